The summed E-state index contributed by atoms with van der Waals surface area (Å²) >= 11 is 1.61. The van der Waals surface area contributed by atoms with E-state index < -0.39 is 0 Å². The molecule has 0 aliphatic heterocycles. The topological polar surface area (TPSA) is 33.1 Å². The maximum atomic E-state index is 8.82. The largest absolute Gasteiger partial charge is 0.396 e. The smallest absolute Gasteiger partial charge is 0.0955 e. The van der Waals surface area contributed by atoms with Gasteiger partial charge in [-0.05, 0) is 12.5 Å². The lowest BCUT2D eigenvalue weighted by molar-refractivity contribution is 0.299. The molecule has 0 amide bonds. The lowest BCUT2D eigenvalue weighted by atomic mass is 10.1. The van der Waals surface area contributed by atoms with E-state index in [-0.39, 0.29) is 6.61 Å². The monoisotopic (exact) mass is 219 g/mol. The Kier molecular flexibility index (Phi) is 3.14. The van der Waals surface area contributed by atoms with Crippen LogP contribution in [0.2, 0.25) is 0 Å². The Labute approximate surface area is 93.2 Å². The molecule has 0 saturated heterocycles. The second-order valence-electron chi connectivity index (χ2n) is 3.42. The number of hydrogen-bond acceptors (Lipinski definition) is 3. The highest BCUT2D eigenvalue weighted by molar-refractivity contribution is 7.09. The molecule has 2 aromatic rings. The third-order valence-electron chi connectivity index (χ3n) is 2.30. The molecule has 1 aromatic heterocycles. The summed E-state index contributed by atoms with van der Waals surface area (Å²) in [4.78, 5) is 4.49. The van der Waals surface area contributed by atoms with Gasteiger partial charge in [-0.25, -0.2) is 4.98 Å². The Bertz CT molecular complexity index is 450. The maximum Gasteiger partial charge on any atom is 0.0955 e. The van der Waals surface area contributed by atoms with Crippen molar-refractivity contribution in [2.75, 3.05) is 6.61 Å². The first-order chi connectivity index (χ1) is 7.31. The minimum Gasteiger partial charge on any atom is -0.396 e. The predicted octanol–water partition coefficient (Wildman–Crippen LogP) is 2.65. The Morgan fingerprint density at radius 1 is 1.33 bits per heavy atom. The molecule has 1 aromatic carbocycles. The summed E-state index contributed by atoms with van der Waals surface area (Å²) in [6.07, 6.45) is 0.649. The molecule has 0 bridgehead atoms. The minimum atomic E-state index is 0.167. The molecule has 3 heteroatoms. The molecule has 0 saturated carbocycles. The van der Waals surface area contributed by atoms with E-state index in [1.165, 1.54) is 11.1 Å². The molecule has 0 fully saturated rings. The van der Waals surface area contributed by atoms with Crippen LogP contribution in [0.1, 0.15) is 10.6 Å². The zero-order valence-electron chi connectivity index (χ0n) is 8.60. The lowest BCUT2D eigenvalue weighted by Gasteiger charge is -2.00. The molecular formula is C12H13NOS. The highest BCUT2D eigenvalue weighted by Crippen LogP contribution is 2.24. The summed E-state index contributed by atoms with van der Waals surface area (Å²) in [6, 6.07) is 8.21. The van der Waals surface area contributed by atoms with Crippen molar-refractivity contribution in [2.24, 2.45) is 0 Å². The van der Waals surface area contributed by atoms with Crippen molar-refractivity contribution in [1.82, 2.24) is 4.98 Å². The van der Waals surface area contributed by atoms with Gasteiger partial charge in [-0.2, -0.15) is 0 Å². The van der Waals surface area contributed by atoms with Crippen molar-refractivity contribution in [3.05, 3.63) is 40.2 Å². The lowest BCUT2D eigenvalue weighted by Crippen LogP contribution is -1.89. The number of aliphatic hydroxyl groups excluding tert-OH is 1. The van der Waals surface area contributed by atoms with Gasteiger partial charge in [-0.15, -0.1) is 11.3 Å². The standard InChI is InChI=1S/C12H13NOS/c1-9-4-2-3-5-10(9)11-8-15-12(13-11)6-7-14/h2-5,8,14H,6-7H2,1H3. The Morgan fingerprint density at radius 3 is 2.87 bits per heavy atom. The number of aromatic nitrogens is 1. The van der Waals surface area contributed by atoms with Crippen molar-refractivity contribution in [3.8, 4) is 11.3 Å². The van der Waals surface area contributed by atoms with Gasteiger partial charge in [0.1, 0.15) is 0 Å². The summed E-state index contributed by atoms with van der Waals surface area (Å²) in [5, 5.41) is 11.9. The van der Waals surface area contributed by atoms with Gasteiger partial charge >= 0.3 is 0 Å². The molecule has 0 spiro atoms. The molecule has 0 unspecified atom stereocenters. The molecule has 1 N–H and O–H groups in total. The number of benzene rings is 1. The van der Waals surface area contributed by atoms with E-state index in [4.69, 9.17) is 5.11 Å². The molecule has 2 rings (SSSR count). The second kappa shape index (κ2) is 4.55. The van der Waals surface area contributed by atoms with E-state index in [2.05, 4.69) is 24.0 Å². The van der Waals surface area contributed by atoms with Crippen LogP contribution in [-0.4, -0.2) is 16.7 Å². The molecule has 0 atom stereocenters. The third-order valence-corrected chi connectivity index (χ3v) is 3.21. The van der Waals surface area contributed by atoms with Gasteiger partial charge in [0.15, 0.2) is 0 Å². The number of aliphatic hydroxyl groups is 1. The number of thiazole rings is 1. The first-order valence-electron chi connectivity index (χ1n) is 4.92. The van der Waals surface area contributed by atoms with Crippen molar-refractivity contribution in [3.63, 3.8) is 0 Å². The predicted molar refractivity (Wildman–Crippen MR) is 63.1 cm³/mol. The van der Waals surface area contributed by atoms with E-state index in [1.54, 1.807) is 11.3 Å². The van der Waals surface area contributed by atoms with Crippen LogP contribution in [0.15, 0.2) is 29.6 Å². The first-order valence-corrected chi connectivity index (χ1v) is 5.80. The SMILES string of the molecule is Cc1ccccc1-c1csc(CCO)n1. The zero-order valence-corrected chi connectivity index (χ0v) is 9.42. The van der Waals surface area contributed by atoms with Gasteiger partial charge < -0.3 is 5.11 Å². The van der Waals surface area contributed by atoms with Crippen LogP contribution >= 0.6 is 11.3 Å². The fourth-order valence-corrected chi connectivity index (χ4v) is 2.29. The van der Waals surface area contributed by atoms with Gasteiger partial charge in [0.2, 0.25) is 0 Å². The number of aryl methyl sites for hydroxylation is 1. The quantitative estimate of drug-likeness (QED) is 0.861. The average molecular weight is 219 g/mol. The normalized spacial score (nSPS) is 10.5. The maximum absolute atomic E-state index is 8.82. The third kappa shape index (κ3) is 2.25. The number of rotatable bonds is 3. The Hall–Kier alpha value is -1.19. The van der Waals surface area contributed by atoms with Crippen LogP contribution in [0.25, 0.3) is 11.3 Å². The summed E-state index contributed by atoms with van der Waals surface area (Å²) in [5.74, 6) is 0. The van der Waals surface area contributed by atoms with Gasteiger partial charge in [0.25, 0.3) is 0 Å². The molecule has 2 nitrogen and oxygen atoms in total. The van der Waals surface area contributed by atoms with E-state index >= 15 is 0 Å². The van der Waals surface area contributed by atoms with Crippen LogP contribution in [0.5, 0.6) is 0 Å². The van der Waals surface area contributed by atoms with Crippen molar-refractivity contribution in [1.29, 1.82) is 0 Å². The zero-order chi connectivity index (χ0) is 10.7. The fraction of sp³-hybridized carbons (Fsp3) is 0.250. The highest BCUT2D eigenvalue weighted by atomic mass is 32.1. The van der Waals surface area contributed by atoms with Crippen molar-refractivity contribution in [2.45, 2.75) is 13.3 Å². The molecule has 0 aliphatic carbocycles. The number of hydrogen-bond donors (Lipinski definition) is 1. The highest BCUT2D eigenvalue weighted by Gasteiger charge is 2.05. The van der Waals surface area contributed by atoms with E-state index in [1.807, 2.05) is 17.5 Å². The average Bonchev–Trinajstić information content (AvgIpc) is 2.68. The second-order valence-corrected chi connectivity index (χ2v) is 4.36. The van der Waals surface area contributed by atoms with E-state index in [9.17, 15) is 0 Å². The first kappa shape index (κ1) is 10.3. The summed E-state index contributed by atoms with van der Waals surface area (Å²) in [7, 11) is 0. The Morgan fingerprint density at radius 2 is 2.13 bits per heavy atom. The molecule has 78 valence electrons. The van der Waals surface area contributed by atoms with Crippen molar-refractivity contribution < 1.29 is 5.11 Å². The summed E-state index contributed by atoms with van der Waals surface area (Å²) in [6.45, 7) is 2.25. The van der Waals surface area contributed by atoms with Gasteiger partial charge in [0.05, 0.1) is 10.7 Å². The molecule has 15 heavy (non-hydrogen) atoms. The van der Waals surface area contributed by atoms with Crippen LogP contribution < -0.4 is 0 Å². The van der Waals surface area contributed by atoms with Crippen molar-refractivity contribution >= 4 is 11.3 Å². The van der Waals surface area contributed by atoms with Crippen LogP contribution in [0.3, 0.4) is 0 Å². The summed E-state index contributed by atoms with van der Waals surface area (Å²) < 4.78 is 0. The van der Waals surface area contributed by atoms with E-state index in [0.29, 0.717) is 6.42 Å². The van der Waals surface area contributed by atoms with Gasteiger partial charge in [-0.1, -0.05) is 24.3 Å². The molecular weight excluding hydrogens is 206 g/mol. The van der Waals surface area contributed by atoms with Gasteiger partial charge in [-0.3, -0.25) is 0 Å². The molecule has 1 heterocycles. The fourth-order valence-electron chi connectivity index (χ4n) is 1.51. The number of nitrogens with zero attached hydrogens (tertiary/aromatic N) is 1. The van der Waals surface area contributed by atoms with E-state index in [0.717, 1.165) is 10.7 Å². The molecule has 0 radical (unpaired) electrons. The van der Waals surface area contributed by atoms with Crippen LogP contribution in [-0.2, 0) is 6.42 Å². The van der Waals surface area contributed by atoms with Crippen LogP contribution in [0.4, 0.5) is 0 Å². The Balaban J connectivity index is 2.33. The molecule has 0 aliphatic rings. The summed E-state index contributed by atoms with van der Waals surface area (Å²) in [5.41, 5.74) is 3.43. The van der Waals surface area contributed by atoms with Crippen LogP contribution in [0, 0.1) is 6.92 Å². The minimum absolute atomic E-state index is 0.167. The van der Waals surface area contributed by atoms with Gasteiger partial charge in [0, 0.05) is 24.0 Å².